The van der Waals surface area contributed by atoms with Crippen molar-refractivity contribution in [1.82, 2.24) is 10.2 Å². The third-order valence-electron chi connectivity index (χ3n) is 5.14. The van der Waals surface area contributed by atoms with Crippen LogP contribution in [0.2, 0.25) is 0 Å². The zero-order chi connectivity index (χ0) is 17.2. The predicted molar refractivity (Wildman–Crippen MR) is 89.6 cm³/mol. The predicted octanol–water partition coefficient (Wildman–Crippen LogP) is 1.56. The highest BCUT2D eigenvalue weighted by Gasteiger charge is 2.36. The van der Waals surface area contributed by atoms with Crippen molar-refractivity contribution in [3.8, 4) is 0 Å². The Labute approximate surface area is 143 Å². The van der Waals surface area contributed by atoms with Gasteiger partial charge in [0, 0.05) is 12.6 Å². The summed E-state index contributed by atoms with van der Waals surface area (Å²) in [5, 5.41) is 13.5. The number of carbonyl (C=O) groups is 1. The molecule has 2 aliphatic rings. The standard InChI is InChI=1S/C18H28N2O4/c1-13-7-8-16(24-13)18(2,22)12-19-17(21)15-11-23-10-9-20(15)14-5-3-4-6-14/h7-8,14-15,22H,3-6,9-12H2,1-2H3,(H,19,21)/t15-,18+/m0/s1. The first-order valence-corrected chi connectivity index (χ1v) is 8.88. The number of rotatable bonds is 5. The van der Waals surface area contributed by atoms with Gasteiger partial charge in [0.15, 0.2) is 0 Å². The van der Waals surface area contributed by atoms with E-state index in [1.165, 1.54) is 12.8 Å². The lowest BCUT2D eigenvalue weighted by Gasteiger charge is -2.39. The van der Waals surface area contributed by atoms with Crippen LogP contribution in [-0.2, 0) is 15.1 Å². The van der Waals surface area contributed by atoms with Gasteiger partial charge in [0.2, 0.25) is 5.91 Å². The molecule has 1 aliphatic carbocycles. The minimum atomic E-state index is -1.22. The first-order chi connectivity index (χ1) is 11.5. The highest BCUT2D eigenvalue weighted by Crippen LogP contribution is 2.27. The van der Waals surface area contributed by atoms with E-state index in [4.69, 9.17) is 9.15 Å². The van der Waals surface area contributed by atoms with Crippen molar-refractivity contribution in [3.05, 3.63) is 23.7 Å². The topological polar surface area (TPSA) is 74.9 Å². The van der Waals surface area contributed by atoms with Gasteiger partial charge in [-0.3, -0.25) is 9.69 Å². The van der Waals surface area contributed by atoms with Gasteiger partial charge in [0.25, 0.3) is 0 Å². The molecule has 1 aromatic heterocycles. The number of carbonyl (C=O) groups excluding carboxylic acids is 1. The molecule has 1 saturated carbocycles. The molecule has 0 spiro atoms. The second kappa shape index (κ2) is 7.25. The van der Waals surface area contributed by atoms with E-state index in [2.05, 4.69) is 10.2 Å². The van der Waals surface area contributed by atoms with Gasteiger partial charge in [-0.05, 0) is 38.8 Å². The zero-order valence-corrected chi connectivity index (χ0v) is 14.6. The quantitative estimate of drug-likeness (QED) is 0.853. The molecule has 1 aromatic rings. The lowest BCUT2D eigenvalue weighted by molar-refractivity contribution is -0.135. The summed E-state index contributed by atoms with van der Waals surface area (Å²) in [6, 6.07) is 3.77. The summed E-state index contributed by atoms with van der Waals surface area (Å²) in [6.45, 7) is 5.51. The normalized spacial score (nSPS) is 25.5. The van der Waals surface area contributed by atoms with Crippen molar-refractivity contribution in [2.24, 2.45) is 0 Å². The van der Waals surface area contributed by atoms with Crippen molar-refractivity contribution in [2.75, 3.05) is 26.3 Å². The van der Waals surface area contributed by atoms with Crippen LogP contribution in [0.15, 0.2) is 16.5 Å². The fraction of sp³-hybridized carbons (Fsp3) is 0.722. The minimum Gasteiger partial charge on any atom is -0.463 e. The summed E-state index contributed by atoms with van der Waals surface area (Å²) in [6.07, 6.45) is 4.80. The van der Waals surface area contributed by atoms with Crippen LogP contribution in [0.4, 0.5) is 0 Å². The molecule has 0 bridgehead atoms. The van der Waals surface area contributed by atoms with Gasteiger partial charge in [-0.25, -0.2) is 0 Å². The van der Waals surface area contributed by atoms with Gasteiger partial charge in [-0.2, -0.15) is 0 Å². The van der Waals surface area contributed by atoms with Crippen molar-refractivity contribution in [3.63, 3.8) is 0 Å². The minimum absolute atomic E-state index is 0.0786. The lowest BCUT2D eigenvalue weighted by atomic mass is 10.0. The van der Waals surface area contributed by atoms with Crippen molar-refractivity contribution >= 4 is 5.91 Å². The summed E-state index contributed by atoms with van der Waals surface area (Å²) in [7, 11) is 0. The molecule has 6 heteroatoms. The molecule has 2 N–H and O–H groups in total. The van der Waals surface area contributed by atoms with Crippen LogP contribution in [-0.4, -0.2) is 54.3 Å². The third kappa shape index (κ3) is 3.82. The van der Waals surface area contributed by atoms with Gasteiger partial charge in [-0.15, -0.1) is 0 Å². The summed E-state index contributed by atoms with van der Waals surface area (Å²) in [5.74, 6) is 1.13. The van der Waals surface area contributed by atoms with E-state index in [1.54, 1.807) is 13.0 Å². The molecule has 1 amide bonds. The van der Waals surface area contributed by atoms with Crippen LogP contribution in [0.25, 0.3) is 0 Å². The van der Waals surface area contributed by atoms with Gasteiger partial charge in [-0.1, -0.05) is 12.8 Å². The molecular weight excluding hydrogens is 308 g/mol. The van der Waals surface area contributed by atoms with Crippen LogP contribution >= 0.6 is 0 Å². The summed E-state index contributed by atoms with van der Waals surface area (Å²) in [5.41, 5.74) is -1.22. The molecule has 3 rings (SSSR count). The smallest absolute Gasteiger partial charge is 0.239 e. The Balaban J connectivity index is 1.60. The van der Waals surface area contributed by atoms with Gasteiger partial charge < -0.3 is 19.6 Å². The Morgan fingerprint density at radius 3 is 2.83 bits per heavy atom. The number of morpholine rings is 1. The third-order valence-corrected chi connectivity index (χ3v) is 5.14. The van der Waals surface area contributed by atoms with Crippen LogP contribution in [0, 0.1) is 6.92 Å². The van der Waals surface area contributed by atoms with E-state index in [-0.39, 0.29) is 18.5 Å². The van der Waals surface area contributed by atoms with Gasteiger partial charge in [0.1, 0.15) is 23.2 Å². The molecule has 24 heavy (non-hydrogen) atoms. The first-order valence-electron chi connectivity index (χ1n) is 8.88. The van der Waals surface area contributed by atoms with E-state index in [9.17, 15) is 9.90 Å². The maximum Gasteiger partial charge on any atom is 0.239 e. The summed E-state index contributed by atoms with van der Waals surface area (Å²) < 4.78 is 11.0. The molecule has 1 aliphatic heterocycles. The Morgan fingerprint density at radius 2 is 2.17 bits per heavy atom. The van der Waals surface area contributed by atoms with Gasteiger partial charge >= 0.3 is 0 Å². The SMILES string of the molecule is Cc1ccc([C@](C)(O)CNC(=O)[C@@H]2COCCN2C2CCCC2)o1. The van der Waals surface area contributed by atoms with E-state index in [0.717, 1.165) is 25.1 Å². The Morgan fingerprint density at radius 1 is 1.42 bits per heavy atom. The monoisotopic (exact) mass is 336 g/mol. The van der Waals surface area contributed by atoms with Crippen LogP contribution in [0.1, 0.15) is 44.1 Å². The van der Waals surface area contributed by atoms with Crippen LogP contribution in [0.5, 0.6) is 0 Å². The highest BCUT2D eigenvalue weighted by atomic mass is 16.5. The number of ether oxygens (including phenoxy) is 1. The molecule has 0 aromatic carbocycles. The number of amides is 1. The highest BCUT2D eigenvalue weighted by molar-refractivity contribution is 5.82. The largest absolute Gasteiger partial charge is 0.463 e. The van der Waals surface area contributed by atoms with Crippen molar-refractivity contribution in [2.45, 2.75) is 57.2 Å². The number of hydrogen-bond donors (Lipinski definition) is 2. The number of aliphatic hydroxyl groups is 1. The fourth-order valence-corrected chi connectivity index (χ4v) is 3.70. The second-order valence-electron chi connectivity index (χ2n) is 7.17. The lowest BCUT2D eigenvalue weighted by Crippen LogP contribution is -2.57. The Kier molecular flexibility index (Phi) is 5.27. The molecule has 1 saturated heterocycles. The van der Waals surface area contributed by atoms with Crippen LogP contribution in [0.3, 0.4) is 0 Å². The Hall–Kier alpha value is -1.37. The van der Waals surface area contributed by atoms with E-state index < -0.39 is 5.60 Å². The van der Waals surface area contributed by atoms with Crippen LogP contribution < -0.4 is 5.32 Å². The molecule has 2 heterocycles. The van der Waals surface area contributed by atoms with Gasteiger partial charge in [0.05, 0.1) is 19.8 Å². The number of furan rings is 1. The molecule has 6 nitrogen and oxygen atoms in total. The molecule has 0 radical (unpaired) electrons. The maximum absolute atomic E-state index is 12.7. The number of hydrogen-bond acceptors (Lipinski definition) is 5. The number of aryl methyl sites for hydroxylation is 1. The molecule has 0 unspecified atom stereocenters. The average molecular weight is 336 g/mol. The van der Waals surface area contributed by atoms with E-state index in [0.29, 0.717) is 25.0 Å². The molecular formula is C18H28N2O4. The zero-order valence-electron chi connectivity index (χ0n) is 14.6. The summed E-state index contributed by atoms with van der Waals surface area (Å²) >= 11 is 0. The summed E-state index contributed by atoms with van der Waals surface area (Å²) in [4.78, 5) is 15.0. The molecule has 2 fully saturated rings. The second-order valence-corrected chi connectivity index (χ2v) is 7.17. The number of nitrogens with one attached hydrogen (secondary N) is 1. The maximum atomic E-state index is 12.7. The van der Waals surface area contributed by atoms with E-state index in [1.807, 2.05) is 13.0 Å². The van der Waals surface area contributed by atoms with E-state index >= 15 is 0 Å². The first kappa shape index (κ1) is 17.5. The van der Waals surface area contributed by atoms with Crippen molar-refractivity contribution < 1.29 is 19.1 Å². The Bertz CT molecular complexity index is 563. The molecule has 134 valence electrons. The van der Waals surface area contributed by atoms with Crippen molar-refractivity contribution in [1.29, 1.82) is 0 Å². The fourth-order valence-electron chi connectivity index (χ4n) is 3.70. The average Bonchev–Trinajstić information content (AvgIpc) is 3.24. The number of nitrogens with zero attached hydrogens (tertiary/aromatic N) is 1. The molecule has 2 atom stereocenters.